The highest BCUT2D eigenvalue weighted by Crippen LogP contribution is 2.39. The van der Waals surface area contributed by atoms with E-state index in [2.05, 4.69) is 20.8 Å². The number of carbonyl (C=O) groups excluding carboxylic acids is 1. The average Bonchev–Trinajstić information content (AvgIpc) is 3.07. The molecule has 7 nitrogen and oxygen atoms in total. The van der Waals surface area contributed by atoms with E-state index in [4.69, 9.17) is 5.73 Å². The van der Waals surface area contributed by atoms with Gasteiger partial charge in [0.1, 0.15) is 11.9 Å². The Labute approximate surface area is 171 Å². The van der Waals surface area contributed by atoms with Crippen molar-refractivity contribution in [2.24, 2.45) is 17.6 Å². The highest BCUT2D eigenvalue weighted by atomic mass is 35.5. The predicted molar refractivity (Wildman–Crippen MR) is 109 cm³/mol. The SMILES string of the molecule is Cc1nnnn1C(Cc1ccccc1)C(=O)NC1C2CCCC1CC(N)C2.Cl. The van der Waals surface area contributed by atoms with Crippen molar-refractivity contribution in [1.82, 2.24) is 25.5 Å². The predicted octanol–water partition coefficient (Wildman–Crippen LogP) is 2.21. The lowest BCUT2D eigenvalue weighted by Crippen LogP contribution is -2.55. The number of nitrogens with zero attached hydrogens (tertiary/aromatic N) is 4. The highest BCUT2D eigenvalue weighted by Gasteiger charge is 2.41. The van der Waals surface area contributed by atoms with Gasteiger partial charge in [0, 0.05) is 18.5 Å². The minimum Gasteiger partial charge on any atom is -0.351 e. The second kappa shape index (κ2) is 9.01. The van der Waals surface area contributed by atoms with E-state index < -0.39 is 6.04 Å². The van der Waals surface area contributed by atoms with Gasteiger partial charge >= 0.3 is 0 Å². The summed E-state index contributed by atoms with van der Waals surface area (Å²) in [5, 5.41) is 15.2. The van der Waals surface area contributed by atoms with Crippen LogP contribution in [0.25, 0.3) is 0 Å². The number of halogens is 1. The third-order valence-electron chi connectivity index (χ3n) is 6.21. The van der Waals surface area contributed by atoms with Crippen molar-refractivity contribution in [3.05, 3.63) is 41.7 Å². The minimum atomic E-state index is -0.446. The molecule has 2 aliphatic carbocycles. The zero-order valence-electron chi connectivity index (χ0n) is 16.2. The normalized spacial score (nSPS) is 27.5. The number of rotatable bonds is 5. The van der Waals surface area contributed by atoms with Gasteiger partial charge in [0.2, 0.25) is 5.91 Å². The van der Waals surface area contributed by atoms with Crippen LogP contribution in [0.3, 0.4) is 0 Å². The van der Waals surface area contributed by atoms with Crippen LogP contribution in [0, 0.1) is 18.8 Å². The van der Waals surface area contributed by atoms with Gasteiger partial charge < -0.3 is 11.1 Å². The van der Waals surface area contributed by atoms with Gasteiger partial charge in [-0.2, -0.15) is 0 Å². The van der Waals surface area contributed by atoms with Gasteiger partial charge in [-0.3, -0.25) is 4.79 Å². The number of hydrogen-bond donors (Lipinski definition) is 2. The van der Waals surface area contributed by atoms with Crippen LogP contribution in [-0.4, -0.2) is 38.2 Å². The molecule has 0 aliphatic heterocycles. The minimum absolute atomic E-state index is 0. The van der Waals surface area contributed by atoms with Crippen molar-refractivity contribution >= 4 is 18.3 Å². The third kappa shape index (κ3) is 4.36. The Bertz CT molecular complexity index is 768. The molecule has 152 valence electrons. The first-order chi connectivity index (χ1) is 13.1. The van der Waals surface area contributed by atoms with Gasteiger partial charge in [0.25, 0.3) is 0 Å². The van der Waals surface area contributed by atoms with Gasteiger partial charge in [-0.05, 0) is 60.4 Å². The first-order valence-corrected chi connectivity index (χ1v) is 9.96. The van der Waals surface area contributed by atoms with E-state index in [-0.39, 0.29) is 30.4 Å². The maximum absolute atomic E-state index is 13.3. The van der Waals surface area contributed by atoms with Crippen molar-refractivity contribution in [2.75, 3.05) is 0 Å². The Morgan fingerprint density at radius 2 is 1.93 bits per heavy atom. The second-order valence-corrected chi connectivity index (χ2v) is 8.09. The number of carbonyl (C=O) groups is 1. The quantitative estimate of drug-likeness (QED) is 0.795. The fourth-order valence-electron chi connectivity index (χ4n) is 4.94. The summed E-state index contributed by atoms with van der Waals surface area (Å²) in [5.74, 6) is 1.64. The standard InChI is InChI=1S/C20H28N6O.ClH/c1-13-23-24-25-26(13)18(10-14-6-3-2-4-7-14)20(27)22-19-15-8-5-9-16(19)12-17(21)11-15;/h2-4,6-7,15-19H,5,8-12,21H2,1H3,(H,22,27);1H. The fraction of sp³-hybridized carbons (Fsp3) is 0.600. The van der Waals surface area contributed by atoms with Crippen LogP contribution in [0.1, 0.15) is 49.5 Å². The molecule has 3 unspecified atom stereocenters. The molecule has 1 amide bonds. The summed E-state index contributed by atoms with van der Waals surface area (Å²) in [6, 6.07) is 10.1. The Balaban J connectivity index is 0.00000225. The van der Waals surface area contributed by atoms with Gasteiger partial charge in [0.15, 0.2) is 0 Å². The molecule has 1 aromatic carbocycles. The Morgan fingerprint density at radius 1 is 1.25 bits per heavy atom. The molecule has 0 spiro atoms. The fourth-order valence-corrected chi connectivity index (χ4v) is 4.94. The lowest BCUT2D eigenvalue weighted by atomic mass is 9.67. The van der Waals surface area contributed by atoms with Crippen molar-refractivity contribution in [3.8, 4) is 0 Å². The van der Waals surface area contributed by atoms with Gasteiger partial charge in [-0.15, -0.1) is 17.5 Å². The summed E-state index contributed by atoms with van der Waals surface area (Å²) >= 11 is 0. The lowest BCUT2D eigenvalue weighted by molar-refractivity contribution is -0.127. The number of benzene rings is 1. The molecule has 2 bridgehead atoms. The van der Waals surface area contributed by atoms with Crippen molar-refractivity contribution in [1.29, 1.82) is 0 Å². The summed E-state index contributed by atoms with van der Waals surface area (Å²) in [5.41, 5.74) is 7.33. The van der Waals surface area contributed by atoms with E-state index in [1.54, 1.807) is 4.68 Å². The topological polar surface area (TPSA) is 98.7 Å². The first-order valence-electron chi connectivity index (χ1n) is 9.96. The van der Waals surface area contributed by atoms with E-state index in [9.17, 15) is 4.79 Å². The number of nitrogens with two attached hydrogens (primary N) is 1. The van der Waals surface area contributed by atoms with Crippen molar-refractivity contribution in [3.63, 3.8) is 0 Å². The van der Waals surface area contributed by atoms with Crippen LogP contribution < -0.4 is 11.1 Å². The summed E-state index contributed by atoms with van der Waals surface area (Å²) in [6.45, 7) is 1.83. The molecule has 8 heteroatoms. The zero-order chi connectivity index (χ0) is 18.8. The first kappa shape index (κ1) is 20.7. The number of tetrazole rings is 1. The molecule has 0 radical (unpaired) electrons. The van der Waals surface area contributed by atoms with Gasteiger partial charge in [-0.1, -0.05) is 36.8 Å². The van der Waals surface area contributed by atoms with Crippen molar-refractivity contribution < 1.29 is 4.79 Å². The maximum Gasteiger partial charge on any atom is 0.245 e. The average molecular weight is 405 g/mol. The highest BCUT2D eigenvalue weighted by molar-refractivity contribution is 5.85. The van der Waals surface area contributed by atoms with Crippen LogP contribution in [0.4, 0.5) is 0 Å². The number of hydrogen-bond acceptors (Lipinski definition) is 5. The molecule has 2 fully saturated rings. The van der Waals surface area contributed by atoms with Crippen LogP contribution in [0.5, 0.6) is 0 Å². The number of amides is 1. The summed E-state index contributed by atoms with van der Waals surface area (Å²) < 4.78 is 1.65. The number of fused-ring (bicyclic) bond motifs is 2. The number of aromatic nitrogens is 4. The monoisotopic (exact) mass is 404 g/mol. The molecule has 2 aromatic rings. The molecule has 1 heterocycles. The lowest BCUT2D eigenvalue weighted by Gasteiger charge is -2.45. The molecule has 1 aromatic heterocycles. The maximum atomic E-state index is 13.3. The third-order valence-corrected chi connectivity index (χ3v) is 6.21. The summed E-state index contributed by atoms with van der Waals surface area (Å²) in [6.07, 6.45) is 6.14. The Morgan fingerprint density at radius 3 is 2.54 bits per heavy atom. The van der Waals surface area contributed by atoms with E-state index >= 15 is 0 Å². The largest absolute Gasteiger partial charge is 0.351 e. The second-order valence-electron chi connectivity index (χ2n) is 8.09. The van der Waals surface area contributed by atoms with Crippen LogP contribution in [0.15, 0.2) is 30.3 Å². The van der Waals surface area contributed by atoms with Crippen LogP contribution in [0.2, 0.25) is 0 Å². The molecule has 3 N–H and O–H groups in total. The van der Waals surface area contributed by atoms with Crippen LogP contribution in [-0.2, 0) is 11.2 Å². The number of nitrogens with one attached hydrogen (secondary N) is 1. The Hall–Kier alpha value is -1.99. The zero-order valence-corrected chi connectivity index (χ0v) is 17.0. The van der Waals surface area contributed by atoms with Gasteiger partial charge in [-0.25, -0.2) is 4.68 Å². The molecular weight excluding hydrogens is 376 g/mol. The molecule has 28 heavy (non-hydrogen) atoms. The van der Waals surface area contributed by atoms with Crippen LogP contribution >= 0.6 is 12.4 Å². The molecule has 2 aliphatic rings. The number of aryl methyl sites for hydroxylation is 1. The van der Waals surface area contributed by atoms with E-state index in [1.807, 2.05) is 37.3 Å². The molecular formula is C20H29ClN6O. The summed E-state index contributed by atoms with van der Waals surface area (Å²) in [7, 11) is 0. The summed E-state index contributed by atoms with van der Waals surface area (Å²) in [4.78, 5) is 13.3. The van der Waals surface area contributed by atoms with Crippen molar-refractivity contribution in [2.45, 2.75) is 63.6 Å². The van der Waals surface area contributed by atoms with Gasteiger partial charge in [0.05, 0.1) is 0 Å². The molecule has 4 rings (SSSR count). The Kier molecular flexibility index (Phi) is 6.67. The smallest absolute Gasteiger partial charge is 0.245 e. The van der Waals surface area contributed by atoms with E-state index in [0.29, 0.717) is 24.1 Å². The molecule has 2 saturated carbocycles. The van der Waals surface area contributed by atoms with E-state index in [1.165, 1.54) is 6.42 Å². The van der Waals surface area contributed by atoms with E-state index in [0.717, 1.165) is 31.2 Å². The molecule has 3 atom stereocenters. The molecule has 0 saturated heterocycles.